The van der Waals surface area contributed by atoms with E-state index in [9.17, 15) is 9.90 Å². The zero-order valence-corrected chi connectivity index (χ0v) is 15.4. The predicted octanol–water partition coefficient (Wildman–Crippen LogP) is 3.40. The number of rotatable bonds is 5. The molecule has 0 spiro atoms. The third-order valence-electron chi connectivity index (χ3n) is 5.08. The predicted molar refractivity (Wildman–Crippen MR) is 105 cm³/mol. The molecule has 4 rings (SSSR count). The first-order valence-electron chi connectivity index (χ1n) is 9.32. The Bertz CT molecular complexity index is 985. The zero-order valence-electron chi connectivity index (χ0n) is 15.4. The third kappa shape index (κ3) is 3.89. The molecule has 3 N–H and O–H groups in total. The Morgan fingerprint density at radius 3 is 2.93 bits per heavy atom. The molecule has 1 aliphatic heterocycles. The number of piperidine rings is 1. The lowest BCUT2D eigenvalue weighted by Gasteiger charge is -2.31. The number of carbonyl (C=O) groups is 1. The molecule has 7 heteroatoms. The van der Waals surface area contributed by atoms with Crippen molar-refractivity contribution < 1.29 is 14.3 Å². The Labute approximate surface area is 162 Å². The van der Waals surface area contributed by atoms with Crippen molar-refractivity contribution in [1.82, 2.24) is 14.9 Å². The molecule has 1 fully saturated rings. The third-order valence-corrected chi connectivity index (χ3v) is 5.08. The highest BCUT2D eigenvalue weighted by molar-refractivity contribution is 5.95. The summed E-state index contributed by atoms with van der Waals surface area (Å²) in [5.41, 5.74) is 7.53. The number of aromatic nitrogens is 2. The van der Waals surface area contributed by atoms with Crippen LogP contribution >= 0.6 is 0 Å². The summed E-state index contributed by atoms with van der Waals surface area (Å²) in [5.74, 6) is 1.06. The number of anilines is 1. The van der Waals surface area contributed by atoms with Gasteiger partial charge in [0.1, 0.15) is 11.5 Å². The number of likely N-dealkylation sites (tertiary alicyclic amines) is 1. The number of aromatic carboxylic acids is 1. The van der Waals surface area contributed by atoms with Crippen molar-refractivity contribution in [2.24, 2.45) is 0 Å². The Hall–Kier alpha value is -3.19. The number of hydrogen-bond acceptors (Lipinski definition) is 6. The van der Waals surface area contributed by atoms with Gasteiger partial charge in [0.15, 0.2) is 0 Å². The molecule has 1 aliphatic rings. The van der Waals surface area contributed by atoms with Crippen molar-refractivity contribution in [1.29, 1.82) is 0 Å². The summed E-state index contributed by atoms with van der Waals surface area (Å²) in [6, 6.07) is 12.6. The monoisotopic (exact) mass is 378 g/mol. The number of furan rings is 1. The number of hydrogen-bond donors (Lipinski definition) is 2. The highest BCUT2D eigenvalue weighted by Gasteiger charge is 2.23. The summed E-state index contributed by atoms with van der Waals surface area (Å²) < 4.78 is 5.97. The topological polar surface area (TPSA) is 105 Å². The first-order chi connectivity index (χ1) is 13.6. The number of carboxylic acids is 1. The van der Waals surface area contributed by atoms with Crippen molar-refractivity contribution in [3.63, 3.8) is 0 Å². The number of carboxylic acid groups (broad SMARTS) is 1. The van der Waals surface area contributed by atoms with Crippen LogP contribution in [0.15, 0.2) is 53.1 Å². The van der Waals surface area contributed by atoms with E-state index in [4.69, 9.17) is 10.2 Å². The fraction of sp³-hybridized carbons (Fsp3) is 0.286. The lowest BCUT2D eigenvalue weighted by atomic mass is 9.94. The molecule has 0 bridgehead atoms. The maximum atomic E-state index is 11.4. The van der Waals surface area contributed by atoms with E-state index < -0.39 is 5.97 Å². The fourth-order valence-corrected chi connectivity index (χ4v) is 3.77. The average molecular weight is 378 g/mol. The quantitative estimate of drug-likeness (QED) is 0.701. The highest BCUT2D eigenvalue weighted by Crippen LogP contribution is 2.29. The lowest BCUT2D eigenvalue weighted by molar-refractivity contribution is 0.0697. The minimum atomic E-state index is -0.962. The van der Waals surface area contributed by atoms with Crippen LogP contribution in [0.4, 0.5) is 5.95 Å². The number of benzene rings is 1. The summed E-state index contributed by atoms with van der Waals surface area (Å²) in [5, 5.41) is 9.38. The van der Waals surface area contributed by atoms with E-state index in [2.05, 4.69) is 14.9 Å². The molecule has 0 aliphatic carbocycles. The second-order valence-electron chi connectivity index (χ2n) is 7.03. The van der Waals surface area contributed by atoms with Crippen LogP contribution < -0.4 is 5.73 Å². The van der Waals surface area contributed by atoms with Gasteiger partial charge in [-0.25, -0.2) is 14.8 Å². The molecule has 3 heterocycles. The van der Waals surface area contributed by atoms with Crippen LogP contribution in [-0.4, -0.2) is 39.0 Å². The molecular formula is C21H22N4O3. The standard InChI is InChI=1S/C21H22N4O3/c22-21-23-10-9-18(24-21)14-4-3-11-25(12-14)13-15-7-8-19(28-15)16-5-1-2-6-17(16)20(26)27/h1-2,5-10,14H,3-4,11-13H2,(H,26,27)(H2,22,23,24)/t14-/m1/s1. The van der Waals surface area contributed by atoms with Gasteiger partial charge < -0.3 is 15.3 Å². The minimum Gasteiger partial charge on any atom is -0.478 e. The van der Waals surface area contributed by atoms with Crippen LogP contribution in [0, 0.1) is 0 Å². The summed E-state index contributed by atoms with van der Waals surface area (Å²) in [7, 11) is 0. The number of nitrogen functional groups attached to an aromatic ring is 1. The van der Waals surface area contributed by atoms with E-state index in [1.54, 1.807) is 24.4 Å². The van der Waals surface area contributed by atoms with E-state index in [-0.39, 0.29) is 5.56 Å². The van der Waals surface area contributed by atoms with E-state index in [0.717, 1.165) is 37.4 Å². The van der Waals surface area contributed by atoms with Crippen LogP contribution in [0.3, 0.4) is 0 Å². The molecule has 2 aromatic heterocycles. The Morgan fingerprint density at radius 1 is 1.25 bits per heavy atom. The van der Waals surface area contributed by atoms with Crippen LogP contribution in [0.2, 0.25) is 0 Å². The van der Waals surface area contributed by atoms with Gasteiger partial charge in [0.25, 0.3) is 0 Å². The van der Waals surface area contributed by atoms with E-state index in [1.165, 1.54) is 0 Å². The molecule has 3 aromatic rings. The van der Waals surface area contributed by atoms with Crippen molar-refractivity contribution in [2.45, 2.75) is 25.3 Å². The minimum absolute atomic E-state index is 0.239. The molecule has 1 aromatic carbocycles. The van der Waals surface area contributed by atoms with Gasteiger partial charge in [0, 0.05) is 24.2 Å². The Balaban J connectivity index is 1.48. The average Bonchev–Trinajstić information content (AvgIpc) is 3.16. The number of nitrogens with two attached hydrogens (primary N) is 1. The summed E-state index contributed by atoms with van der Waals surface area (Å²) in [6.07, 6.45) is 3.85. The van der Waals surface area contributed by atoms with Crippen molar-refractivity contribution in [3.8, 4) is 11.3 Å². The second kappa shape index (κ2) is 7.82. The van der Waals surface area contributed by atoms with Crippen LogP contribution in [0.1, 0.15) is 40.6 Å². The van der Waals surface area contributed by atoms with Gasteiger partial charge in [0.2, 0.25) is 5.95 Å². The fourth-order valence-electron chi connectivity index (χ4n) is 3.77. The molecule has 0 saturated carbocycles. The smallest absolute Gasteiger partial charge is 0.336 e. The highest BCUT2D eigenvalue weighted by atomic mass is 16.4. The molecule has 1 saturated heterocycles. The zero-order chi connectivity index (χ0) is 19.5. The van der Waals surface area contributed by atoms with Gasteiger partial charge in [-0.15, -0.1) is 0 Å². The summed E-state index contributed by atoms with van der Waals surface area (Å²) >= 11 is 0. The molecule has 28 heavy (non-hydrogen) atoms. The molecule has 144 valence electrons. The van der Waals surface area contributed by atoms with Crippen LogP contribution in [-0.2, 0) is 6.54 Å². The van der Waals surface area contributed by atoms with Gasteiger partial charge in [0.05, 0.1) is 17.8 Å². The SMILES string of the molecule is Nc1nccc([C@@H]2CCCN(Cc3ccc(-c4ccccc4C(=O)O)o3)C2)n1. The van der Waals surface area contributed by atoms with Crippen LogP contribution in [0.5, 0.6) is 0 Å². The van der Waals surface area contributed by atoms with E-state index in [1.807, 2.05) is 24.3 Å². The van der Waals surface area contributed by atoms with Crippen molar-refractivity contribution in [3.05, 3.63) is 65.7 Å². The lowest BCUT2D eigenvalue weighted by Crippen LogP contribution is -2.34. The van der Waals surface area contributed by atoms with Crippen molar-refractivity contribution in [2.75, 3.05) is 18.8 Å². The first kappa shape index (κ1) is 18.2. The molecule has 7 nitrogen and oxygen atoms in total. The largest absolute Gasteiger partial charge is 0.478 e. The molecular weight excluding hydrogens is 356 g/mol. The number of nitrogens with zero attached hydrogens (tertiary/aromatic N) is 3. The van der Waals surface area contributed by atoms with Gasteiger partial charge in [-0.3, -0.25) is 4.90 Å². The van der Waals surface area contributed by atoms with E-state index in [0.29, 0.717) is 29.7 Å². The molecule has 0 amide bonds. The molecule has 0 unspecified atom stereocenters. The van der Waals surface area contributed by atoms with Gasteiger partial charge >= 0.3 is 5.97 Å². The van der Waals surface area contributed by atoms with Gasteiger partial charge in [-0.1, -0.05) is 18.2 Å². The summed E-state index contributed by atoms with van der Waals surface area (Å²) in [6.45, 7) is 2.53. The first-order valence-corrected chi connectivity index (χ1v) is 9.32. The van der Waals surface area contributed by atoms with Gasteiger partial charge in [-0.2, -0.15) is 0 Å². The molecule has 0 radical (unpaired) electrons. The maximum Gasteiger partial charge on any atom is 0.336 e. The van der Waals surface area contributed by atoms with Crippen molar-refractivity contribution >= 4 is 11.9 Å². The maximum absolute atomic E-state index is 11.4. The normalized spacial score (nSPS) is 17.5. The summed E-state index contributed by atoms with van der Waals surface area (Å²) in [4.78, 5) is 22.1. The van der Waals surface area contributed by atoms with Gasteiger partial charge in [-0.05, 0) is 43.7 Å². The Morgan fingerprint density at radius 2 is 2.11 bits per heavy atom. The van der Waals surface area contributed by atoms with Crippen LogP contribution in [0.25, 0.3) is 11.3 Å². The Kier molecular flexibility index (Phi) is 5.08. The van der Waals surface area contributed by atoms with E-state index >= 15 is 0 Å². The second-order valence-corrected chi connectivity index (χ2v) is 7.03. The molecule has 1 atom stereocenters.